The normalized spacial score (nSPS) is 19.6. The molecule has 1 aliphatic heterocycles. The maximum atomic E-state index is 14.4. The monoisotopic (exact) mass is 788 g/mol. The number of benzene rings is 5. The Bertz CT molecular complexity index is 1960. The van der Waals surface area contributed by atoms with E-state index in [1.165, 1.54) is 0 Å². The molecule has 5 aromatic carbocycles. The minimum atomic E-state index is -0.763. The van der Waals surface area contributed by atoms with Crippen LogP contribution in [0, 0.1) is 13.8 Å². The second-order valence-electron chi connectivity index (χ2n) is 15.3. The van der Waals surface area contributed by atoms with E-state index in [2.05, 4.69) is 58.9 Å². The van der Waals surface area contributed by atoms with Crippen LogP contribution in [0.5, 0.6) is 5.75 Å². The molecular weight excluding hydrogens is 733 g/mol. The molecule has 6 rings (SSSR count). The van der Waals surface area contributed by atoms with Gasteiger partial charge in [0.1, 0.15) is 36.1 Å². The average molecular weight is 789 g/mol. The van der Waals surface area contributed by atoms with Crippen LogP contribution >= 0.6 is 11.8 Å². The van der Waals surface area contributed by atoms with E-state index >= 15 is 0 Å². The van der Waals surface area contributed by atoms with Crippen molar-refractivity contribution in [1.29, 1.82) is 0 Å². The van der Waals surface area contributed by atoms with Crippen LogP contribution in [0.25, 0.3) is 0 Å². The predicted octanol–water partition coefficient (Wildman–Crippen LogP) is 10.3. The summed E-state index contributed by atoms with van der Waals surface area (Å²) >= 11 is 1.59. The molecule has 57 heavy (non-hydrogen) atoms. The Kier molecular flexibility index (Phi) is 15.4. The van der Waals surface area contributed by atoms with Crippen molar-refractivity contribution < 1.29 is 33.2 Å². The third-order valence-corrected chi connectivity index (χ3v) is 11.1. The van der Waals surface area contributed by atoms with Gasteiger partial charge in [-0.25, -0.2) is 0 Å². The fourth-order valence-electron chi connectivity index (χ4n) is 7.52. The zero-order valence-electron chi connectivity index (χ0n) is 33.8. The first-order valence-corrected chi connectivity index (χ1v) is 20.9. The van der Waals surface area contributed by atoms with Gasteiger partial charge in [0, 0.05) is 11.0 Å². The van der Waals surface area contributed by atoms with E-state index < -0.39 is 35.3 Å². The van der Waals surface area contributed by atoms with E-state index in [0.717, 1.165) is 50.4 Å². The van der Waals surface area contributed by atoms with Gasteiger partial charge in [-0.15, -0.1) is 11.8 Å². The molecule has 0 saturated carbocycles. The van der Waals surface area contributed by atoms with E-state index in [1.54, 1.807) is 11.8 Å². The smallest absolute Gasteiger partial charge is 0.307 e. The topological polar surface area (TPSA) is 72.5 Å². The molecule has 0 N–H and O–H groups in total. The first kappa shape index (κ1) is 42.2. The van der Waals surface area contributed by atoms with E-state index in [-0.39, 0.29) is 19.0 Å². The number of ether oxygens (including phenoxy) is 6. The van der Waals surface area contributed by atoms with Gasteiger partial charge in [0.25, 0.3) is 0 Å². The van der Waals surface area contributed by atoms with Crippen LogP contribution in [0.4, 0.5) is 0 Å². The summed E-state index contributed by atoms with van der Waals surface area (Å²) in [5.74, 6) is 1.16. The fraction of sp³-hybridized carbons (Fsp3) is 0.367. The molecule has 1 aliphatic rings. The van der Waals surface area contributed by atoms with Crippen LogP contribution in [0.15, 0.2) is 133 Å². The Labute approximate surface area is 343 Å². The van der Waals surface area contributed by atoms with Gasteiger partial charge in [0.2, 0.25) is 0 Å². The van der Waals surface area contributed by atoms with Crippen molar-refractivity contribution in [3.8, 4) is 5.75 Å². The molecule has 0 bridgehead atoms. The summed E-state index contributed by atoms with van der Waals surface area (Å²) in [6, 6.07) is 44.5. The quantitative estimate of drug-likeness (QED) is 0.0766. The number of hydrogen-bond acceptors (Lipinski definition) is 8. The van der Waals surface area contributed by atoms with Crippen molar-refractivity contribution in [1.82, 2.24) is 0 Å². The number of thioether (sulfide) groups is 1. The molecule has 0 amide bonds. The largest absolute Gasteiger partial charge is 0.489 e. The van der Waals surface area contributed by atoms with Crippen molar-refractivity contribution in [2.75, 3.05) is 12.4 Å². The van der Waals surface area contributed by atoms with Crippen molar-refractivity contribution >= 4 is 17.7 Å². The molecule has 300 valence electrons. The van der Waals surface area contributed by atoms with Crippen LogP contribution in [-0.4, -0.2) is 48.2 Å². The zero-order valence-corrected chi connectivity index (χ0v) is 34.6. The summed E-state index contributed by atoms with van der Waals surface area (Å²) in [4.78, 5) is 14.4. The van der Waals surface area contributed by atoms with E-state index in [9.17, 15) is 4.79 Å². The Morgan fingerprint density at radius 3 is 1.72 bits per heavy atom. The van der Waals surface area contributed by atoms with Crippen LogP contribution in [-0.2, 0) is 60.3 Å². The molecule has 1 fully saturated rings. The number of esters is 1. The van der Waals surface area contributed by atoms with Gasteiger partial charge < -0.3 is 28.4 Å². The second-order valence-corrected chi connectivity index (χ2v) is 16.6. The van der Waals surface area contributed by atoms with Gasteiger partial charge in [-0.1, -0.05) is 148 Å². The predicted molar refractivity (Wildman–Crippen MR) is 227 cm³/mol. The molecule has 0 unspecified atom stereocenters. The van der Waals surface area contributed by atoms with E-state index in [0.29, 0.717) is 26.4 Å². The molecule has 0 aliphatic carbocycles. The highest BCUT2D eigenvalue weighted by molar-refractivity contribution is 7.99. The number of hydrogen-bond donors (Lipinski definition) is 0. The van der Waals surface area contributed by atoms with Gasteiger partial charge in [-0.05, 0) is 59.0 Å². The Balaban J connectivity index is 1.27. The van der Waals surface area contributed by atoms with Gasteiger partial charge >= 0.3 is 5.97 Å². The SMILES string of the molecule is CCS[C@H]1O[C@H](COCc2ccccc2)[C@@H](OCc2ccccc2)[C@H](OCc2ccccc2)[C@@H]1OC(=O)CC(C)(C)c1c(C)cc(C)cc1OCc1ccccc1. The number of rotatable bonds is 19. The molecule has 0 radical (unpaired) electrons. The summed E-state index contributed by atoms with van der Waals surface area (Å²) in [7, 11) is 0. The summed E-state index contributed by atoms with van der Waals surface area (Å²) in [5, 5.41) is 0. The minimum Gasteiger partial charge on any atom is -0.489 e. The van der Waals surface area contributed by atoms with E-state index in [4.69, 9.17) is 28.4 Å². The lowest BCUT2D eigenvalue weighted by Crippen LogP contribution is -2.61. The number of aryl methyl sites for hydroxylation is 2. The third kappa shape index (κ3) is 12.0. The van der Waals surface area contributed by atoms with Gasteiger partial charge in [-0.2, -0.15) is 0 Å². The van der Waals surface area contributed by atoms with Gasteiger partial charge in [-0.3, -0.25) is 4.79 Å². The van der Waals surface area contributed by atoms with Gasteiger partial charge in [0.15, 0.2) is 6.10 Å². The maximum absolute atomic E-state index is 14.4. The van der Waals surface area contributed by atoms with Crippen molar-refractivity contribution in [3.63, 3.8) is 0 Å². The molecule has 5 atom stereocenters. The Morgan fingerprint density at radius 1 is 0.667 bits per heavy atom. The molecule has 5 aromatic rings. The summed E-state index contributed by atoms with van der Waals surface area (Å²) in [6.07, 6.45) is -2.41. The van der Waals surface area contributed by atoms with Crippen LogP contribution in [0.3, 0.4) is 0 Å². The summed E-state index contributed by atoms with van der Waals surface area (Å²) in [5.41, 5.74) is 6.17. The highest BCUT2D eigenvalue weighted by Crippen LogP contribution is 2.40. The highest BCUT2D eigenvalue weighted by atomic mass is 32.2. The summed E-state index contributed by atoms with van der Waals surface area (Å²) in [6.45, 7) is 12.1. The van der Waals surface area contributed by atoms with Crippen LogP contribution in [0.1, 0.15) is 66.1 Å². The van der Waals surface area contributed by atoms with Crippen molar-refractivity contribution in [3.05, 3.63) is 172 Å². The first-order chi connectivity index (χ1) is 27.7. The average Bonchev–Trinajstić information content (AvgIpc) is 3.21. The molecule has 0 spiro atoms. The summed E-state index contributed by atoms with van der Waals surface area (Å²) < 4.78 is 39.8. The first-order valence-electron chi connectivity index (χ1n) is 19.9. The fourth-order valence-corrected chi connectivity index (χ4v) is 8.47. The maximum Gasteiger partial charge on any atom is 0.307 e. The molecular formula is C49H56O7S. The van der Waals surface area contributed by atoms with Crippen molar-refractivity contribution in [2.24, 2.45) is 0 Å². The lowest BCUT2D eigenvalue weighted by Gasteiger charge is -2.45. The van der Waals surface area contributed by atoms with Crippen LogP contribution in [0.2, 0.25) is 0 Å². The van der Waals surface area contributed by atoms with Crippen molar-refractivity contribution in [2.45, 2.75) is 103 Å². The standard InChI is InChI=1S/C49H56O7S/c1-6-57-48-47(56-43(50)29-49(4,5)44-36(3)27-35(2)28-41(44)52-31-38-21-13-8-14-22-38)46(54-33-40-25-17-10-18-26-40)45(53-32-39-23-15-9-16-24-39)42(55-48)34-51-30-37-19-11-7-12-20-37/h7-28,42,45-48H,6,29-34H2,1-5H3/t42-,45-,46+,47+,48-/m1/s1. The molecule has 1 saturated heterocycles. The van der Waals surface area contributed by atoms with E-state index in [1.807, 2.05) is 109 Å². The minimum absolute atomic E-state index is 0.114. The molecule has 7 nitrogen and oxygen atoms in total. The van der Waals surface area contributed by atoms with Crippen LogP contribution < -0.4 is 4.74 Å². The third-order valence-electron chi connectivity index (χ3n) is 10.1. The lowest BCUT2D eigenvalue weighted by atomic mass is 9.78. The Hall–Kier alpha value is -4.44. The van der Waals surface area contributed by atoms with Gasteiger partial charge in [0.05, 0.1) is 32.8 Å². The number of carbonyl (C=O) groups excluding carboxylic acids is 1. The molecule has 1 heterocycles. The Morgan fingerprint density at radius 2 is 1.18 bits per heavy atom. The molecule has 8 heteroatoms. The zero-order chi connectivity index (χ0) is 40.0. The highest BCUT2D eigenvalue weighted by Gasteiger charge is 2.50. The second kappa shape index (κ2) is 20.8. The molecule has 0 aromatic heterocycles. The lowest BCUT2D eigenvalue weighted by molar-refractivity contribution is -0.250. The number of carbonyl (C=O) groups is 1.